The van der Waals surface area contributed by atoms with E-state index in [4.69, 9.17) is 4.74 Å². The summed E-state index contributed by atoms with van der Waals surface area (Å²) in [5.41, 5.74) is 2.91. The lowest BCUT2D eigenvalue weighted by atomic mass is 9.46. The van der Waals surface area contributed by atoms with Gasteiger partial charge in [-0.3, -0.25) is 0 Å². The summed E-state index contributed by atoms with van der Waals surface area (Å²) < 4.78 is 6.55. The molecule has 9 atom stereocenters. The van der Waals surface area contributed by atoms with E-state index in [1.54, 1.807) is 5.57 Å². The number of hydrogen-bond donors (Lipinski definition) is 1. The van der Waals surface area contributed by atoms with E-state index in [9.17, 15) is 5.21 Å². The maximum Gasteiger partial charge on any atom is 0.0954 e. The minimum absolute atomic E-state index is 0.0605. The average Bonchev–Trinajstić information content (AvgIpc) is 3.26. The minimum Gasteiger partial charge on any atom is -0.411 e. The number of ether oxygens (including phenoxy) is 1. The summed E-state index contributed by atoms with van der Waals surface area (Å²) in [6, 6.07) is 0. The van der Waals surface area contributed by atoms with Crippen LogP contribution in [0.4, 0.5) is 0 Å². The van der Waals surface area contributed by atoms with Gasteiger partial charge in [0.2, 0.25) is 0 Å². The van der Waals surface area contributed by atoms with Crippen molar-refractivity contribution in [2.24, 2.45) is 52.0 Å². The molecule has 0 bridgehead atoms. The Morgan fingerprint density at radius 2 is 2.19 bits per heavy atom. The molecule has 3 heteroatoms. The first kappa shape index (κ1) is 16.8. The van der Waals surface area contributed by atoms with E-state index >= 15 is 0 Å². The number of allylic oxidation sites excluding steroid dienone is 2. The van der Waals surface area contributed by atoms with Crippen LogP contribution in [0, 0.1) is 46.8 Å². The second-order valence-corrected chi connectivity index (χ2v) is 10.6. The van der Waals surface area contributed by atoms with Crippen molar-refractivity contribution in [1.29, 1.82) is 0 Å². The second-order valence-electron chi connectivity index (χ2n) is 10.6. The van der Waals surface area contributed by atoms with Crippen molar-refractivity contribution in [1.82, 2.24) is 0 Å². The normalized spacial score (nSPS) is 56.4. The van der Waals surface area contributed by atoms with Gasteiger partial charge in [-0.2, -0.15) is 0 Å². The van der Waals surface area contributed by atoms with Crippen LogP contribution in [0.25, 0.3) is 0 Å². The number of nitrogens with zero attached hydrogens (tertiary/aromatic N) is 1. The molecule has 0 aromatic rings. The third kappa shape index (κ3) is 1.95. The molecule has 6 aliphatic rings. The van der Waals surface area contributed by atoms with Crippen molar-refractivity contribution in [3.05, 3.63) is 23.8 Å². The Hall–Kier alpha value is -1.09. The van der Waals surface area contributed by atoms with Gasteiger partial charge in [-0.1, -0.05) is 43.1 Å². The highest BCUT2D eigenvalue weighted by Crippen LogP contribution is 2.78. The Morgan fingerprint density at radius 3 is 2.93 bits per heavy atom. The van der Waals surface area contributed by atoms with Crippen LogP contribution in [0.5, 0.6) is 0 Å². The third-order valence-corrected chi connectivity index (χ3v) is 9.92. The van der Waals surface area contributed by atoms with Crippen LogP contribution < -0.4 is 0 Å². The molecule has 6 unspecified atom stereocenters. The van der Waals surface area contributed by atoms with Crippen molar-refractivity contribution < 1.29 is 9.94 Å². The van der Waals surface area contributed by atoms with Gasteiger partial charge in [0.25, 0.3) is 0 Å². The predicted molar refractivity (Wildman–Crippen MR) is 106 cm³/mol. The summed E-state index contributed by atoms with van der Waals surface area (Å²) in [5.74, 6) is 5.79. The van der Waals surface area contributed by atoms with Crippen molar-refractivity contribution >= 4 is 5.71 Å². The molecule has 4 fully saturated rings. The first-order chi connectivity index (χ1) is 13.1. The molecule has 1 N–H and O–H groups in total. The zero-order valence-electron chi connectivity index (χ0n) is 16.7. The van der Waals surface area contributed by atoms with Crippen LogP contribution in [0.1, 0.15) is 58.8 Å². The highest BCUT2D eigenvalue weighted by Gasteiger charge is 2.76. The molecule has 0 radical (unpaired) electrons. The molecular weight excluding hydrogens is 334 g/mol. The minimum atomic E-state index is 0.0605. The SMILES string of the molecule is CCC1CC2=CC(=NO)CC[C@@H]2C2CC[C@@]3(C)C(C4CC4[C@@]34C=CCO4)C12. The van der Waals surface area contributed by atoms with Crippen molar-refractivity contribution in [2.75, 3.05) is 6.61 Å². The molecule has 0 saturated heterocycles. The highest BCUT2D eigenvalue weighted by molar-refractivity contribution is 5.96. The van der Waals surface area contributed by atoms with Crippen molar-refractivity contribution in [3.63, 3.8) is 0 Å². The van der Waals surface area contributed by atoms with E-state index < -0.39 is 0 Å². The van der Waals surface area contributed by atoms with Crippen LogP contribution >= 0.6 is 0 Å². The average molecular weight is 368 g/mol. The Morgan fingerprint density at radius 1 is 1.30 bits per heavy atom. The highest BCUT2D eigenvalue weighted by atomic mass is 16.5. The van der Waals surface area contributed by atoms with E-state index in [0.29, 0.717) is 5.41 Å². The van der Waals surface area contributed by atoms with Crippen LogP contribution in [0.2, 0.25) is 0 Å². The largest absolute Gasteiger partial charge is 0.411 e. The van der Waals surface area contributed by atoms with E-state index in [1.807, 2.05) is 0 Å². The summed E-state index contributed by atoms with van der Waals surface area (Å²) in [6.45, 7) is 5.82. The third-order valence-electron chi connectivity index (χ3n) is 9.92. The molecule has 27 heavy (non-hydrogen) atoms. The Labute approximate surface area is 162 Å². The molecule has 0 amide bonds. The van der Waals surface area contributed by atoms with E-state index in [2.05, 4.69) is 37.2 Å². The van der Waals surface area contributed by atoms with E-state index in [-0.39, 0.29) is 5.60 Å². The van der Waals surface area contributed by atoms with Crippen LogP contribution in [0.3, 0.4) is 0 Å². The Bertz CT molecular complexity index is 753. The molecule has 0 aromatic carbocycles. The smallest absolute Gasteiger partial charge is 0.0954 e. The summed E-state index contributed by atoms with van der Waals surface area (Å²) in [6.07, 6.45) is 15.8. The molecule has 3 nitrogen and oxygen atoms in total. The van der Waals surface area contributed by atoms with E-state index in [1.165, 1.54) is 38.5 Å². The fourth-order valence-electron chi connectivity index (χ4n) is 8.93. The van der Waals surface area contributed by atoms with Gasteiger partial charge in [0.15, 0.2) is 0 Å². The fourth-order valence-corrected chi connectivity index (χ4v) is 8.93. The van der Waals surface area contributed by atoms with Gasteiger partial charge in [0.1, 0.15) is 0 Å². The standard InChI is InChI=1S/C24H33NO2/c1-3-14-11-15-12-16(25-26)5-6-17(15)18-7-9-23(2)22(21(14)18)19-13-20(19)24(23)8-4-10-27-24/h4,8,12,14,17-22,26H,3,5-7,9-11,13H2,1-2H3/t14?,17-,18?,19?,20?,21?,22?,23-,24-/m0/s1. The molecular formula is C24H33NO2. The maximum atomic E-state index is 9.27. The Kier molecular flexibility index (Phi) is 3.42. The van der Waals surface area contributed by atoms with Gasteiger partial charge in [0.05, 0.1) is 17.9 Å². The zero-order valence-corrected chi connectivity index (χ0v) is 16.7. The number of fused-ring (bicyclic) bond motifs is 9. The van der Waals surface area contributed by atoms with Crippen LogP contribution in [-0.2, 0) is 4.74 Å². The number of rotatable bonds is 1. The first-order valence-corrected chi connectivity index (χ1v) is 11.4. The van der Waals surface area contributed by atoms with Gasteiger partial charge in [-0.05, 0) is 86.0 Å². The predicted octanol–water partition coefficient (Wildman–Crippen LogP) is 5.21. The zero-order chi connectivity index (χ0) is 18.4. The summed E-state index contributed by atoms with van der Waals surface area (Å²) in [5, 5.41) is 12.8. The first-order valence-electron chi connectivity index (χ1n) is 11.4. The van der Waals surface area contributed by atoms with Crippen molar-refractivity contribution in [2.45, 2.75) is 64.4 Å². The Balaban J connectivity index is 1.41. The molecule has 0 aromatic heterocycles. The summed E-state index contributed by atoms with van der Waals surface area (Å²) in [7, 11) is 0. The van der Waals surface area contributed by atoms with Crippen LogP contribution in [0.15, 0.2) is 29.0 Å². The number of oxime groups is 1. The van der Waals surface area contributed by atoms with Gasteiger partial charge in [-0.25, -0.2) is 0 Å². The van der Waals surface area contributed by atoms with E-state index in [0.717, 1.165) is 60.2 Å². The molecule has 4 saturated carbocycles. The van der Waals surface area contributed by atoms with Gasteiger partial charge in [-0.15, -0.1) is 0 Å². The lowest BCUT2D eigenvalue weighted by Gasteiger charge is -2.59. The number of hydrogen-bond acceptors (Lipinski definition) is 3. The quantitative estimate of drug-likeness (QED) is 0.393. The second kappa shape index (κ2) is 5.49. The monoisotopic (exact) mass is 367 g/mol. The molecule has 1 spiro atoms. The molecule has 1 heterocycles. The lowest BCUT2D eigenvalue weighted by Crippen LogP contribution is -2.56. The topological polar surface area (TPSA) is 41.8 Å². The molecule has 6 rings (SSSR count). The molecule has 1 aliphatic heterocycles. The van der Waals surface area contributed by atoms with Crippen molar-refractivity contribution in [3.8, 4) is 0 Å². The van der Waals surface area contributed by atoms with Gasteiger partial charge < -0.3 is 9.94 Å². The lowest BCUT2D eigenvalue weighted by molar-refractivity contribution is -0.140. The molecule has 5 aliphatic carbocycles. The van der Waals surface area contributed by atoms with Crippen LogP contribution in [-0.4, -0.2) is 23.1 Å². The van der Waals surface area contributed by atoms with Gasteiger partial charge >= 0.3 is 0 Å². The maximum absolute atomic E-state index is 9.27. The molecule has 146 valence electrons. The summed E-state index contributed by atoms with van der Waals surface area (Å²) >= 11 is 0. The van der Waals surface area contributed by atoms with Gasteiger partial charge in [0, 0.05) is 5.41 Å². The summed E-state index contributed by atoms with van der Waals surface area (Å²) in [4.78, 5) is 0. The fraction of sp³-hybridized carbons (Fsp3) is 0.792.